The first-order chi connectivity index (χ1) is 16.6. The molecular weight excluding hydrogens is 462 g/mol. The number of hydrogen-bond donors (Lipinski definition) is 2. The first kappa shape index (κ1) is 29.0. The van der Waals surface area contributed by atoms with E-state index in [4.69, 9.17) is 4.74 Å². The third kappa shape index (κ3) is 9.39. The van der Waals surface area contributed by atoms with Crippen molar-refractivity contribution in [1.29, 1.82) is 0 Å². The van der Waals surface area contributed by atoms with Crippen LogP contribution in [0.5, 0.6) is 0 Å². The molecule has 3 amide bonds. The van der Waals surface area contributed by atoms with E-state index in [0.717, 1.165) is 36.8 Å². The number of ether oxygens (including phenoxy) is 1. The Morgan fingerprint density at radius 3 is 2.29 bits per heavy atom. The maximum atomic E-state index is 13.8. The molecule has 2 unspecified atom stereocenters. The Morgan fingerprint density at radius 1 is 1.11 bits per heavy atom. The van der Waals surface area contributed by atoms with E-state index in [1.54, 1.807) is 37.4 Å². The maximum absolute atomic E-state index is 13.8. The van der Waals surface area contributed by atoms with Crippen molar-refractivity contribution in [3.8, 4) is 0 Å². The fraction of sp³-hybridized carbons (Fsp3) is 0.667. The molecule has 0 aliphatic heterocycles. The molecule has 7 nitrogen and oxygen atoms in total. The van der Waals surface area contributed by atoms with Gasteiger partial charge in [0, 0.05) is 12.6 Å². The zero-order valence-electron chi connectivity index (χ0n) is 22.2. The number of aryl methyl sites for hydroxylation is 1. The van der Waals surface area contributed by atoms with Gasteiger partial charge in [0.25, 0.3) is 0 Å². The van der Waals surface area contributed by atoms with E-state index in [1.165, 1.54) is 6.42 Å². The van der Waals surface area contributed by atoms with Gasteiger partial charge >= 0.3 is 6.09 Å². The van der Waals surface area contributed by atoms with Gasteiger partial charge in [-0.05, 0) is 71.5 Å². The fourth-order valence-electron chi connectivity index (χ4n) is 4.36. The molecule has 0 radical (unpaired) electrons. The van der Waals surface area contributed by atoms with Gasteiger partial charge in [-0.2, -0.15) is 11.8 Å². The Balaban J connectivity index is 2.33. The predicted octanol–water partition coefficient (Wildman–Crippen LogP) is 4.98. The minimum Gasteiger partial charge on any atom is -0.444 e. The van der Waals surface area contributed by atoms with E-state index >= 15 is 0 Å². The lowest BCUT2D eigenvalue weighted by atomic mass is 9.94. The monoisotopic (exact) mass is 505 g/mol. The molecule has 35 heavy (non-hydrogen) atoms. The number of likely N-dealkylation sites (N-methyl/N-ethyl adjacent to an activating group) is 1. The largest absolute Gasteiger partial charge is 0.444 e. The van der Waals surface area contributed by atoms with E-state index < -0.39 is 23.8 Å². The zero-order chi connectivity index (χ0) is 26.0. The molecule has 0 heterocycles. The molecule has 196 valence electrons. The van der Waals surface area contributed by atoms with Gasteiger partial charge in [0.1, 0.15) is 17.7 Å². The lowest BCUT2D eigenvalue weighted by Gasteiger charge is -2.35. The number of alkyl carbamates (subject to hydrolysis) is 1. The Bertz CT molecular complexity index is 832. The third-order valence-electron chi connectivity index (χ3n) is 6.13. The van der Waals surface area contributed by atoms with Crippen LogP contribution in [0.25, 0.3) is 0 Å². The van der Waals surface area contributed by atoms with Crippen LogP contribution in [-0.4, -0.2) is 59.0 Å². The van der Waals surface area contributed by atoms with Gasteiger partial charge in [0.2, 0.25) is 11.8 Å². The molecule has 1 fully saturated rings. The van der Waals surface area contributed by atoms with Gasteiger partial charge in [-0.3, -0.25) is 9.59 Å². The average Bonchev–Trinajstić information content (AvgIpc) is 2.80. The molecule has 0 bridgehead atoms. The molecule has 2 rings (SSSR count). The molecule has 1 aliphatic rings. The van der Waals surface area contributed by atoms with Crippen molar-refractivity contribution >= 4 is 29.7 Å². The highest BCUT2D eigenvalue weighted by molar-refractivity contribution is 7.98. The van der Waals surface area contributed by atoms with E-state index in [2.05, 4.69) is 10.6 Å². The van der Waals surface area contributed by atoms with Crippen LogP contribution in [0.2, 0.25) is 0 Å². The minimum absolute atomic E-state index is 0.130. The highest BCUT2D eigenvalue weighted by Crippen LogP contribution is 2.25. The van der Waals surface area contributed by atoms with E-state index in [-0.39, 0.29) is 17.9 Å². The van der Waals surface area contributed by atoms with E-state index in [1.807, 2.05) is 44.4 Å². The number of carbonyl (C=O) groups excluding carboxylic acids is 3. The lowest BCUT2D eigenvalue weighted by molar-refractivity contribution is -0.142. The standard InChI is InChI=1S/C27H43N3O4S/c1-7-30(25(32)22(17-18-35-6)29-26(33)34-27(3,4)5)23(20-15-13-19(2)14-16-20)24(31)28-21-11-9-8-10-12-21/h13-16,21-23H,7-12,17-18H2,1-6H3,(H,28,31)(H,29,33). The molecule has 1 saturated carbocycles. The van der Waals surface area contributed by atoms with Crippen LogP contribution in [0.1, 0.15) is 83.4 Å². The Labute approximate surface area is 215 Å². The lowest BCUT2D eigenvalue weighted by Crippen LogP contribution is -2.54. The number of rotatable bonds is 10. The van der Waals surface area contributed by atoms with Crippen LogP contribution in [0, 0.1) is 6.92 Å². The van der Waals surface area contributed by atoms with Gasteiger partial charge in [-0.15, -0.1) is 0 Å². The van der Waals surface area contributed by atoms with E-state index in [0.29, 0.717) is 18.7 Å². The van der Waals surface area contributed by atoms with Gasteiger partial charge in [-0.1, -0.05) is 49.1 Å². The summed E-state index contributed by atoms with van der Waals surface area (Å²) in [5.41, 5.74) is 1.17. The van der Waals surface area contributed by atoms with Crippen molar-refractivity contribution in [2.45, 2.75) is 96.9 Å². The van der Waals surface area contributed by atoms with Crippen LogP contribution in [-0.2, 0) is 14.3 Å². The molecule has 0 saturated heterocycles. The highest BCUT2D eigenvalue weighted by Gasteiger charge is 2.36. The predicted molar refractivity (Wildman–Crippen MR) is 142 cm³/mol. The smallest absolute Gasteiger partial charge is 0.408 e. The first-order valence-electron chi connectivity index (χ1n) is 12.7. The quantitative estimate of drug-likeness (QED) is 0.468. The SMILES string of the molecule is CCN(C(=O)C(CCSC)NC(=O)OC(C)(C)C)C(C(=O)NC1CCCCC1)c1ccc(C)cc1. The molecule has 2 N–H and O–H groups in total. The van der Waals surface area contributed by atoms with Crippen molar-refractivity contribution in [2.75, 3.05) is 18.6 Å². The highest BCUT2D eigenvalue weighted by atomic mass is 32.2. The average molecular weight is 506 g/mol. The summed E-state index contributed by atoms with van der Waals surface area (Å²) >= 11 is 1.60. The summed E-state index contributed by atoms with van der Waals surface area (Å²) in [6.45, 7) is 9.55. The van der Waals surface area contributed by atoms with Crippen molar-refractivity contribution in [3.63, 3.8) is 0 Å². The zero-order valence-corrected chi connectivity index (χ0v) is 23.0. The van der Waals surface area contributed by atoms with Gasteiger partial charge in [-0.25, -0.2) is 4.79 Å². The number of carbonyl (C=O) groups is 3. The molecule has 0 aromatic heterocycles. The maximum Gasteiger partial charge on any atom is 0.408 e. The fourth-order valence-corrected chi connectivity index (χ4v) is 4.83. The van der Waals surface area contributed by atoms with Crippen LogP contribution in [0.4, 0.5) is 4.79 Å². The summed E-state index contributed by atoms with van der Waals surface area (Å²) < 4.78 is 5.41. The third-order valence-corrected chi connectivity index (χ3v) is 6.77. The van der Waals surface area contributed by atoms with Crippen LogP contribution < -0.4 is 10.6 Å². The van der Waals surface area contributed by atoms with Crippen molar-refractivity contribution in [3.05, 3.63) is 35.4 Å². The molecule has 0 spiro atoms. The molecule has 2 atom stereocenters. The molecule has 1 aromatic rings. The molecule has 1 aromatic carbocycles. The second kappa shape index (κ2) is 13.8. The van der Waals surface area contributed by atoms with Crippen molar-refractivity contribution in [1.82, 2.24) is 15.5 Å². The summed E-state index contributed by atoms with van der Waals surface area (Å²) in [5.74, 6) is 0.237. The van der Waals surface area contributed by atoms with Crippen LogP contribution >= 0.6 is 11.8 Å². The van der Waals surface area contributed by atoms with Gasteiger partial charge in [0.05, 0.1) is 0 Å². The number of hydrogen-bond acceptors (Lipinski definition) is 5. The number of nitrogens with one attached hydrogen (secondary N) is 2. The number of nitrogens with zero attached hydrogens (tertiary/aromatic N) is 1. The van der Waals surface area contributed by atoms with Crippen molar-refractivity contribution < 1.29 is 19.1 Å². The van der Waals surface area contributed by atoms with Gasteiger partial charge in [0.15, 0.2) is 0 Å². The van der Waals surface area contributed by atoms with Crippen LogP contribution in [0.3, 0.4) is 0 Å². The summed E-state index contributed by atoms with van der Waals surface area (Å²) in [6, 6.07) is 6.31. The molecule has 1 aliphatic carbocycles. The van der Waals surface area contributed by atoms with E-state index in [9.17, 15) is 14.4 Å². The van der Waals surface area contributed by atoms with Crippen molar-refractivity contribution in [2.24, 2.45) is 0 Å². The summed E-state index contributed by atoms with van der Waals surface area (Å²) in [4.78, 5) is 41.6. The van der Waals surface area contributed by atoms with Crippen LogP contribution in [0.15, 0.2) is 24.3 Å². The second-order valence-corrected chi connectivity index (χ2v) is 11.2. The topological polar surface area (TPSA) is 87.7 Å². The Hall–Kier alpha value is -2.22. The van der Waals surface area contributed by atoms with Gasteiger partial charge < -0.3 is 20.3 Å². The summed E-state index contributed by atoms with van der Waals surface area (Å²) in [6.07, 6.45) is 7.10. The normalized spacial score (nSPS) is 16.2. The number of thioether (sulfide) groups is 1. The molecule has 8 heteroatoms. The Kier molecular flexibility index (Phi) is 11.4. The first-order valence-corrected chi connectivity index (χ1v) is 14.1. The number of benzene rings is 1. The Morgan fingerprint density at radius 2 is 1.74 bits per heavy atom. The minimum atomic E-state index is -0.785. The molecular formula is C27H43N3O4S. The second-order valence-electron chi connectivity index (χ2n) is 10.3. The summed E-state index contributed by atoms with van der Waals surface area (Å²) in [7, 11) is 0. The number of amides is 3. The summed E-state index contributed by atoms with van der Waals surface area (Å²) in [5, 5.41) is 5.97.